The molecule has 0 spiro atoms. The van der Waals surface area contributed by atoms with Crippen molar-refractivity contribution in [2.45, 2.75) is 43.8 Å². The third-order valence-corrected chi connectivity index (χ3v) is 9.16. The molecule has 1 atom stereocenters. The van der Waals surface area contributed by atoms with E-state index < -0.39 is 34.3 Å². The van der Waals surface area contributed by atoms with Crippen molar-refractivity contribution in [2.75, 3.05) is 24.1 Å². The fourth-order valence-corrected chi connectivity index (χ4v) is 6.59. The Kier molecular flexibility index (Phi) is 10.2. The zero-order valence-corrected chi connectivity index (χ0v) is 26.5. The van der Waals surface area contributed by atoms with Gasteiger partial charge in [0.1, 0.15) is 31.6 Å². The maximum absolute atomic E-state index is 14.5. The van der Waals surface area contributed by atoms with Crippen LogP contribution in [0.25, 0.3) is 0 Å². The summed E-state index contributed by atoms with van der Waals surface area (Å²) in [6, 6.07) is 26.4. The van der Waals surface area contributed by atoms with Gasteiger partial charge in [-0.1, -0.05) is 60.7 Å². The van der Waals surface area contributed by atoms with Gasteiger partial charge in [-0.3, -0.25) is 13.9 Å². The number of nitrogens with one attached hydrogen (secondary N) is 1. The summed E-state index contributed by atoms with van der Waals surface area (Å²) < 4.78 is 54.6. The molecule has 1 heterocycles. The van der Waals surface area contributed by atoms with Crippen LogP contribution in [0.2, 0.25) is 0 Å². The number of hydrogen-bond donors (Lipinski definition) is 1. The van der Waals surface area contributed by atoms with Crippen LogP contribution in [0.3, 0.4) is 0 Å². The number of nitrogens with zero attached hydrogens (tertiary/aromatic N) is 2. The minimum absolute atomic E-state index is 0.0457. The summed E-state index contributed by atoms with van der Waals surface area (Å²) in [7, 11) is -4.40. The number of benzene rings is 4. The summed E-state index contributed by atoms with van der Waals surface area (Å²) in [6.45, 7) is 3.64. The van der Waals surface area contributed by atoms with Crippen molar-refractivity contribution in [3.63, 3.8) is 0 Å². The lowest BCUT2D eigenvalue weighted by Gasteiger charge is -2.34. The SMILES string of the molecule is CC(C)NC(=O)[C@@H](Cc1ccccc1)N(Cc1ccccc1)C(=O)CN(c1ccc(F)cc1)S(=O)(=O)c1ccc2c(c1)OCCO2. The van der Waals surface area contributed by atoms with Crippen molar-refractivity contribution in [3.8, 4) is 11.5 Å². The Morgan fingerprint density at radius 3 is 2.07 bits per heavy atom. The number of carbonyl (C=O) groups excluding carboxylic acids is 2. The Balaban J connectivity index is 1.56. The number of carbonyl (C=O) groups is 2. The summed E-state index contributed by atoms with van der Waals surface area (Å²) >= 11 is 0. The van der Waals surface area contributed by atoms with Crippen molar-refractivity contribution < 1.29 is 31.9 Å². The molecule has 2 amide bonds. The molecule has 0 aromatic heterocycles. The Morgan fingerprint density at radius 2 is 1.43 bits per heavy atom. The number of sulfonamides is 1. The Bertz CT molecular complexity index is 1750. The molecule has 1 aliphatic heterocycles. The standard InChI is InChI=1S/C35H36FN3O6S/c1-25(2)37-35(41)31(21-26-9-5-3-6-10-26)38(23-27-11-7-4-8-12-27)34(40)24-39(29-15-13-28(36)14-16-29)46(42,43)30-17-18-32-33(22-30)45-20-19-44-32/h3-18,22,25,31H,19-21,23-24H2,1-2H3,(H,37,41)/t31-/m1/s1. The second-order valence-corrected chi connectivity index (χ2v) is 13.0. The number of hydrogen-bond acceptors (Lipinski definition) is 6. The maximum atomic E-state index is 14.5. The lowest BCUT2D eigenvalue weighted by atomic mass is 10.0. The van der Waals surface area contributed by atoms with E-state index in [0.717, 1.165) is 27.6 Å². The molecule has 4 aromatic rings. The van der Waals surface area contributed by atoms with Crippen LogP contribution in [0, 0.1) is 5.82 Å². The van der Waals surface area contributed by atoms with Gasteiger partial charge in [-0.05, 0) is 61.4 Å². The molecule has 240 valence electrons. The van der Waals surface area contributed by atoms with Gasteiger partial charge < -0.3 is 19.7 Å². The maximum Gasteiger partial charge on any atom is 0.264 e. The van der Waals surface area contributed by atoms with Crippen LogP contribution in [0.4, 0.5) is 10.1 Å². The van der Waals surface area contributed by atoms with Gasteiger partial charge in [-0.25, -0.2) is 12.8 Å². The van der Waals surface area contributed by atoms with E-state index in [0.29, 0.717) is 12.4 Å². The van der Waals surface area contributed by atoms with Gasteiger partial charge in [-0.2, -0.15) is 0 Å². The van der Waals surface area contributed by atoms with Crippen molar-refractivity contribution in [1.29, 1.82) is 0 Å². The van der Waals surface area contributed by atoms with Crippen molar-refractivity contribution in [2.24, 2.45) is 0 Å². The Morgan fingerprint density at radius 1 is 0.826 bits per heavy atom. The van der Waals surface area contributed by atoms with E-state index in [-0.39, 0.29) is 47.9 Å². The number of amides is 2. The zero-order valence-electron chi connectivity index (χ0n) is 25.6. The van der Waals surface area contributed by atoms with Crippen molar-refractivity contribution in [1.82, 2.24) is 10.2 Å². The zero-order chi connectivity index (χ0) is 32.7. The minimum atomic E-state index is -4.40. The highest BCUT2D eigenvalue weighted by atomic mass is 32.2. The molecule has 0 bridgehead atoms. The molecule has 0 saturated carbocycles. The molecule has 5 rings (SSSR count). The molecule has 1 aliphatic rings. The second-order valence-electron chi connectivity index (χ2n) is 11.2. The molecule has 0 saturated heterocycles. The van der Waals surface area contributed by atoms with E-state index >= 15 is 0 Å². The van der Waals surface area contributed by atoms with E-state index in [9.17, 15) is 22.4 Å². The normalized spacial score (nSPS) is 13.1. The highest BCUT2D eigenvalue weighted by Crippen LogP contribution is 2.34. The van der Waals surface area contributed by atoms with Gasteiger partial charge in [0.25, 0.3) is 10.0 Å². The van der Waals surface area contributed by atoms with E-state index in [4.69, 9.17) is 9.47 Å². The number of anilines is 1. The fraction of sp³-hybridized carbons (Fsp3) is 0.257. The quantitative estimate of drug-likeness (QED) is 0.234. The monoisotopic (exact) mass is 645 g/mol. The molecular formula is C35H36FN3O6S. The first-order valence-corrected chi connectivity index (χ1v) is 16.4. The first-order valence-electron chi connectivity index (χ1n) is 15.0. The van der Waals surface area contributed by atoms with E-state index in [1.54, 1.807) is 0 Å². The fourth-order valence-electron chi connectivity index (χ4n) is 5.16. The van der Waals surface area contributed by atoms with Gasteiger partial charge in [-0.15, -0.1) is 0 Å². The van der Waals surface area contributed by atoms with Crippen molar-refractivity contribution in [3.05, 3.63) is 120 Å². The molecule has 9 nitrogen and oxygen atoms in total. The molecule has 4 aromatic carbocycles. The van der Waals surface area contributed by atoms with Crippen LogP contribution in [-0.2, 0) is 32.6 Å². The third kappa shape index (κ3) is 7.84. The number of fused-ring (bicyclic) bond motifs is 1. The van der Waals surface area contributed by atoms with Crippen LogP contribution in [0.5, 0.6) is 11.5 Å². The molecule has 11 heteroatoms. The first-order chi connectivity index (χ1) is 22.1. The molecule has 46 heavy (non-hydrogen) atoms. The van der Waals surface area contributed by atoms with Gasteiger partial charge in [0.05, 0.1) is 10.6 Å². The largest absolute Gasteiger partial charge is 0.486 e. The summed E-state index contributed by atoms with van der Waals surface area (Å²) in [5.74, 6) is -0.883. The molecule has 0 aliphatic carbocycles. The number of ether oxygens (including phenoxy) is 2. The molecule has 0 fully saturated rings. The summed E-state index contributed by atoms with van der Waals surface area (Å²) in [5, 5.41) is 2.93. The van der Waals surface area contributed by atoms with E-state index in [2.05, 4.69) is 5.32 Å². The van der Waals surface area contributed by atoms with Gasteiger partial charge in [0.15, 0.2) is 11.5 Å². The number of rotatable bonds is 12. The average molecular weight is 646 g/mol. The van der Waals surface area contributed by atoms with Gasteiger partial charge in [0, 0.05) is 25.1 Å². The third-order valence-electron chi connectivity index (χ3n) is 7.39. The highest BCUT2D eigenvalue weighted by molar-refractivity contribution is 7.92. The Labute approximate surface area is 268 Å². The molecule has 0 radical (unpaired) electrons. The lowest BCUT2D eigenvalue weighted by Crippen LogP contribution is -2.54. The van der Waals surface area contributed by atoms with Crippen LogP contribution in [-0.4, -0.2) is 57.0 Å². The van der Waals surface area contributed by atoms with Crippen LogP contribution < -0.4 is 19.1 Å². The smallest absolute Gasteiger partial charge is 0.264 e. The van der Waals surface area contributed by atoms with E-state index in [1.165, 1.54) is 35.2 Å². The lowest BCUT2D eigenvalue weighted by molar-refractivity contribution is -0.140. The van der Waals surface area contributed by atoms with Gasteiger partial charge >= 0.3 is 0 Å². The average Bonchev–Trinajstić information content (AvgIpc) is 3.06. The molecule has 1 N–H and O–H groups in total. The second kappa shape index (κ2) is 14.5. The predicted octanol–water partition coefficient (Wildman–Crippen LogP) is 4.96. The predicted molar refractivity (Wildman–Crippen MR) is 173 cm³/mol. The number of halogens is 1. The van der Waals surface area contributed by atoms with Crippen LogP contribution >= 0.6 is 0 Å². The van der Waals surface area contributed by atoms with Crippen LogP contribution in [0.1, 0.15) is 25.0 Å². The van der Waals surface area contributed by atoms with E-state index in [1.807, 2.05) is 74.5 Å². The highest BCUT2D eigenvalue weighted by Gasteiger charge is 2.35. The Hall–Kier alpha value is -4.90. The minimum Gasteiger partial charge on any atom is -0.486 e. The summed E-state index contributed by atoms with van der Waals surface area (Å²) in [6.07, 6.45) is 0.198. The summed E-state index contributed by atoms with van der Waals surface area (Å²) in [5.41, 5.74) is 1.67. The van der Waals surface area contributed by atoms with Gasteiger partial charge in [0.2, 0.25) is 11.8 Å². The summed E-state index contributed by atoms with van der Waals surface area (Å²) in [4.78, 5) is 29.5. The molecule has 0 unspecified atom stereocenters. The molecular weight excluding hydrogens is 609 g/mol. The topological polar surface area (TPSA) is 105 Å². The van der Waals surface area contributed by atoms with Crippen LogP contribution in [0.15, 0.2) is 108 Å². The van der Waals surface area contributed by atoms with Crippen molar-refractivity contribution >= 4 is 27.5 Å². The first kappa shape index (κ1) is 32.5.